The van der Waals surface area contributed by atoms with Crippen LogP contribution in [0.5, 0.6) is 0 Å². The third-order valence-corrected chi connectivity index (χ3v) is 4.77. The molecular formula is C21H21ClN4. The molecule has 0 fully saturated rings. The zero-order valence-corrected chi connectivity index (χ0v) is 15.9. The minimum absolute atomic E-state index is 0.0488. The number of fused-ring (bicyclic) bond motifs is 3. The third kappa shape index (κ3) is 2.96. The number of hydrogen-bond donors (Lipinski definition) is 0. The molecule has 0 spiro atoms. The van der Waals surface area contributed by atoms with Gasteiger partial charge in [-0.3, -0.25) is 9.56 Å². The van der Waals surface area contributed by atoms with E-state index in [0.29, 0.717) is 5.02 Å². The molecule has 1 aliphatic rings. The molecule has 0 saturated heterocycles. The zero-order valence-electron chi connectivity index (χ0n) is 15.1. The monoisotopic (exact) mass is 364 g/mol. The molecule has 1 unspecified atom stereocenters. The van der Waals surface area contributed by atoms with Crippen LogP contribution in [0.25, 0.3) is 5.69 Å². The summed E-state index contributed by atoms with van der Waals surface area (Å²) in [7, 11) is 4.13. The van der Waals surface area contributed by atoms with E-state index in [0.717, 1.165) is 40.6 Å². The molecule has 2 aromatic carbocycles. The van der Waals surface area contributed by atoms with E-state index >= 15 is 0 Å². The second-order valence-corrected chi connectivity index (χ2v) is 7.30. The van der Waals surface area contributed by atoms with Crippen molar-refractivity contribution in [1.29, 1.82) is 0 Å². The van der Waals surface area contributed by atoms with Crippen molar-refractivity contribution in [2.45, 2.75) is 19.5 Å². The first-order chi connectivity index (χ1) is 12.5. The van der Waals surface area contributed by atoms with Gasteiger partial charge < -0.3 is 4.90 Å². The maximum atomic E-state index is 6.36. The van der Waals surface area contributed by atoms with E-state index in [-0.39, 0.29) is 6.04 Å². The van der Waals surface area contributed by atoms with Crippen molar-refractivity contribution in [2.24, 2.45) is 4.99 Å². The zero-order chi connectivity index (χ0) is 18.3. The van der Waals surface area contributed by atoms with E-state index in [1.807, 2.05) is 36.5 Å². The van der Waals surface area contributed by atoms with Gasteiger partial charge in [0, 0.05) is 22.7 Å². The van der Waals surface area contributed by atoms with Crippen molar-refractivity contribution in [2.75, 3.05) is 14.1 Å². The van der Waals surface area contributed by atoms with Crippen LogP contribution >= 0.6 is 11.6 Å². The molecule has 0 N–H and O–H groups in total. The van der Waals surface area contributed by atoms with Crippen LogP contribution in [0.1, 0.15) is 35.6 Å². The van der Waals surface area contributed by atoms with E-state index in [9.17, 15) is 0 Å². The fraction of sp³-hybridized carbons (Fsp3) is 0.238. The van der Waals surface area contributed by atoms with Crippen LogP contribution in [0.4, 0.5) is 0 Å². The summed E-state index contributed by atoms with van der Waals surface area (Å²) >= 11 is 6.36. The summed E-state index contributed by atoms with van der Waals surface area (Å²) in [5.41, 5.74) is 5.29. The smallest absolute Gasteiger partial charge is 0.138 e. The summed E-state index contributed by atoms with van der Waals surface area (Å²) in [5.74, 6) is 0.955. The van der Waals surface area contributed by atoms with Crippen molar-refractivity contribution in [3.63, 3.8) is 0 Å². The number of hydrogen-bond acceptors (Lipinski definition) is 3. The van der Waals surface area contributed by atoms with Gasteiger partial charge >= 0.3 is 0 Å². The number of imidazole rings is 1. The highest BCUT2D eigenvalue weighted by Gasteiger charge is 2.25. The van der Waals surface area contributed by atoms with Gasteiger partial charge in [-0.15, -0.1) is 0 Å². The Morgan fingerprint density at radius 3 is 2.62 bits per heavy atom. The van der Waals surface area contributed by atoms with Gasteiger partial charge in [0.1, 0.15) is 11.9 Å². The fourth-order valence-corrected chi connectivity index (χ4v) is 3.62. The highest BCUT2D eigenvalue weighted by atomic mass is 35.5. The van der Waals surface area contributed by atoms with Crippen molar-refractivity contribution < 1.29 is 0 Å². The maximum Gasteiger partial charge on any atom is 0.138 e. The Morgan fingerprint density at radius 2 is 1.88 bits per heavy atom. The lowest BCUT2D eigenvalue weighted by molar-refractivity contribution is 0.393. The molecule has 0 aliphatic carbocycles. The van der Waals surface area contributed by atoms with Gasteiger partial charge in [-0.1, -0.05) is 41.9 Å². The maximum absolute atomic E-state index is 6.36. The molecule has 2 heterocycles. The van der Waals surface area contributed by atoms with Gasteiger partial charge in [0.25, 0.3) is 0 Å². The minimum atomic E-state index is -0.0488. The Hall–Kier alpha value is -2.43. The van der Waals surface area contributed by atoms with Crippen molar-refractivity contribution in [3.05, 3.63) is 82.4 Å². The molecule has 1 aliphatic heterocycles. The van der Waals surface area contributed by atoms with Crippen LogP contribution in [0.3, 0.4) is 0 Å². The number of benzene rings is 2. The summed E-state index contributed by atoms with van der Waals surface area (Å²) in [6.07, 6.45) is 1.95. The lowest BCUT2D eigenvalue weighted by atomic mass is 10.0. The molecule has 132 valence electrons. The second-order valence-electron chi connectivity index (χ2n) is 6.86. The lowest BCUT2D eigenvalue weighted by Gasteiger charge is -2.17. The van der Waals surface area contributed by atoms with Gasteiger partial charge in [-0.05, 0) is 39.2 Å². The first kappa shape index (κ1) is 17.0. The van der Waals surface area contributed by atoms with Crippen molar-refractivity contribution in [3.8, 4) is 5.69 Å². The molecule has 0 bridgehead atoms. The van der Waals surface area contributed by atoms with E-state index in [1.54, 1.807) is 0 Å². The molecule has 4 rings (SSSR count). The Bertz CT molecular complexity index is 973. The number of halogens is 1. The summed E-state index contributed by atoms with van der Waals surface area (Å²) < 4.78 is 2.23. The SMILES string of the molecule is CC1N=C(c2ccccc2)c2cc(Cl)ccc2-n2c(CN(C)C)cnc21. The summed E-state index contributed by atoms with van der Waals surface area (Å²) in [6.45, 7) is 2.90. The third-order valence-electron chi connectivity index (χ3n) is 4.54. The van der Waals surface area contributed by atoms with Gasteiger partial charge in [-0.25, -0.2) is 4.98 Å². The first-order valence-corrected chi connectivity index (χ1v) is 9.07. The average Bonchev–Trinajstić information content (AvgIpc) is 2.98. The topological polar surface area (TPSA) is 33.4 Å². The quantitative estimate of drug-likeness (QED) is 0.685. The van der Waals surface area contributed by atoms with E-state index in [4.69, 9.17) is 21.6 Å². The van der Waals surface area contributed by atoms with Crippen LogP contribution in [0.2, 0.25) is 5.02 Å². The Kier molecular flexibility index (Phi) is 4.39. The molecule has 5 heteroatoms. The summed E-state index contributed by atoms with van der Waals surface area (Å²) in [5, 5.41) is 0.706. The normalized spacial score (nSPS) is 16.0. The van der Waals surface area contributed by atoms with Crippen LogP contribution in [-0.2, 0) is 6.54 Å². The lowest BCUT2D eigenvalue weighted by Crippen LogP contribution is -2.16. The molecule has 0 saturated carbocycles. The van der Waals surface area contributed by atoms with Crippen molar-refractivity contribution >= 4 is 17.3 Å². The molecule has 4 nitrogen and oxygen atoms in total. The summed E-state index contributed by atoms with van der Waals surface area (Å²) in [6, 6.07) is 16.2. The van der Waals surface area contributed by atoms with Gasteiger partial charge in [-0.2, -0.15) is 0 Å². The molecule has 0 amide bonds. The standard InChI is InChI=1S/C21H21ClN4/c1-14-21-23-12-17(13-25(2)3)26(21)19-10-9-16(22)11-18(19)20(24-14)15-7-5-4-6-8-15/h4-12,14H,13H2,1-3H3. The van der Waals surface area contributed by atoms with Gasteiger partial charge in [0.2, 0.25) is 0 Å². The second kappa shape index (κ2) is 6.71. The molecule has 26 heavy (non-hydrogen) atoms. The van der Waals surface area contributed by atoms with Crippen molar-refractivity contribution in [1.82, 2.24) is 14.5 Å². The average molecular weight is 365 g/mol. The fourth-order valence-electron chi connectivity index (χ4n) is 3.45. The minimum Gasteiger partial charge on any atom is -0.304 e. The highest BCUT2D eigenvalue weighted by Crippen LogP contribution is 2.33. The van der Waals surface area contributed by atoms with E-state index in [1.165, 1.54) is 0 Å². The van der Waals surface area contributed by atoms with Crippen LogP contribution < -0.4 is 0 Å². The van der Waals surface area contributed by atoms with E-state index < -0.39 is 0 Å². The van der Waals surface area contributed by atoms with Gasteiger partial charge in [0.15, 0.2) is 0 Å². The largest absolute Gasteiger partial charge is 0.304 e. The molecule has 0 radical (unpaired) electrons. The van der Waals surface area contributed by atoms with Crippen LogP contribution in [0.15, 0.2) is 59.7 Å². The molecule has 1 atom stereocenters. The number of nitrogens with zero attached hydrogens (tertiary/aromatic N) is 4. The Morgan fingerprint density at radius 1 is 1.12 bits per heavy atom. The number of aromatic nitrogens is 2. The Balaban J connectivity index is 1.99. The molecule has 3 aromatic rings. The predicted octanol–water partition coefficient (Wildman–Crippen LogP) is 4.50. The highest BCUT2D eigenvalue weighted by molar-refractivity contribution is 6.31. The first-order valence-electron chi connectivity index (χ1n) is 8.69. The number of aliphatic imine (C=N–C) groups is 1. The molecular weight excluding hydrogens is 344 g/mol. The Labute approximate surface area is 158 Å². The van der Waals surface area contributed by atoms with Gasteiger partial charge in [0.05, 0.1) is 23.3 Å². The van der Waals surface area contributed by atoms with Crippen LogP contribution in [-0.4, -0.2) is 34.3 Å². The van der Waals surface area contributed by atoms with Crippen LogP contribution in [0, 0.1) is 0 Å². The number of rotatable bonds is 3. The van der Waals surface area contributed by atoms with E-state index in [2.05, 4.69) is 48.7 Å². The predicted molar refractivity (Wildman–Crippen MR) is 106 cm³/mol. The summed E-state index contributed by atoms with van der Waals surface area (Å²) in [4.78, 5) is 11.9. The molecule has 1 aromatic heterocycles.